The SMILES string of the molecule is Brc1ccc2c(-c3cccnc3)csc2c1. The average molecular weight is 290 g/mol. The molecule has 0 aliphatic heterocycles. The molecule has 0 aliphatic rings. The molecule has 0 N–H and O–H groups in total. The van der Waals surface area contributed by atoms with Crippen molar-refractivity contribution < 1.29 is 0 Å². The van der Waals surface area contributed by atoms with Gasteiger partial charge in [0.2, 0.25) is 0 Å². The molecule has 0 bridgehead atoms. The maximum absolute atomic E-state index is 4.16. The van der Waals surface area contributed by atoms with E-state index in [1.54, 1.807) is 17.5 Å². The van der Waals surface area contributed by atoms with Gasteiger partial charge in [-0.1, -0.05) is 28.1 Å². The van der Waals surface area contributed by atoms with E-state index in [2.05, 4.69) is 50.6 Å². The Kier molecular flexibility index (Phi) is 2.50. The lowest BCUT2D eigenvalue weighted by atomic mass is 10.1. The van der Waals surface area contributed by atoms with Crippen LogP contribution in [0.15, 0.2) is 52.6 Å². The summed E-state index contributed by atoms with van der Waals surface area (Å²) in [5, 5.41) is 3.48. The van der Waals surface area contributed by atoms with E-state index in [0.717, 1.165) is 4.47 Å². The van der Waals surface area contributed by atoms with Crippen LogP contribution in [0.25, 0.3) is 21.2 Å². The highest BCUT2D eigenvalue weighted by molar-refractivity contribution is 9.10. The first kappa shape index (κ1) is 10.00. The Morgan fingerprint density at radius 2 is 2.12 bits per heavy atom. The molecule has 0 saturated carbocycles. The van der Waals surface area contributed by atoms with Crippen LogP contribution in [0.2, 0.25) is 0 Å². The molecule has 78 valence electrons. The number of benzene rings is 1. The van der Waals surface area contributed by atoms with E-state index in [9.17, 15) is 0 Å². The molecule has 0 radical (unpaired) electrons. The number of pyridine rings is 1. The van der Waals surface area contributed by atoms with Crippen LogP contribution in [0.5, 0.6) is 0 Å². The van der Waals surface area contributed by atoms with E-state index >= 15 is 0 Å². The van der Waals surface area contributed by atoms with Crippen LogP contribution in [0, 0.1) is 0 Å². The van der Waals surface area contributed by atoms with Gasteiger partial charge in [-0.15, -0.1) is 11.3 Å². The monoisotopic (exact) mass is 289 g/mol. The highest BCUT2D eigenvalue weighted by atomic mass is 79.9. The lowest BCUT2D eigenvalue weighted by Crippen LogP contribution is -1.76. The van der Waals surface area contributed by atoms with Crippen molar-refractivity contribution in [1.29, 1.82) is 0 Å². The Hall–Kier alpha value is -1.19. The maximum Gasteiger partial charge on any atom is 0.0360 e. The molecule has 0 aliphatic carbocycles. The average Bonchev–Trinajstić information content (AvgIpc) is 2.73. The number of rotatable bonds is 1. The van der Waals surface area contributed by atoms with Gasteiger partial charge in [0.05, 0.1) is 0 Å². The Morgan fingerprint density at radius 3 is 2.94 bits per heavy atom. The minimum absolute atomic E-state index is 1.12. The summed E-state index contributed by atoms with van der Waals surface area (Å²) in [4.78, 5) is 4.16. The van der Waals surface area contributed by atoms with Crippen LogP contribution >= 0.6 is 27.3 Å². The summed E-state index contributed by atoms with van der Waals surface area (Å²) in [6.07, 6.45) is 3.71. The third-order valence-electron chi connectivity index (χ3n) is 2.51. The van der Waals surface area contributed by atoms with Crippen molar-refractivity contribution in [3.05, 3.63) is 52.6 Å². The molecule has 0 spiro atoms. The Morgan fingerprint density at radius 1 is 1.19 bits per heavy atom. The molecule has 2 heterocycles. The van der Waals surface area contributed by atoms with Crippen LogP contribution in [-0.4, -0.2) is 4.98 Å². The zero-order valence-corrected chi connectivity index (χ0v) is 10.8. The van der Waals surface area contributed by atoms with Gasteiger partial charge in [-0.2, -0.15) is 0 Å². The molecule has 3 aromatic rings. The minimum Gasteiger partial charge on any atom is -0.264 e. The first-order chi connectivity index (χ1) is 7.84. The van der Waals surface area contributed by atoms with Gasteiger partial charge >= 0.3 is 0 Å². The number of thiophene rings is 1. The van der Waals surface area contributed by atoms with E-state index in [1.165, 1.54) is 21.2 Å². The van der Waals surface area contributed by atoms with Crippen LogP contribution in [-0.2, 0) is 0 Å². The molecule has 1 nitrogen and oxygen atoms in total. The second-order valence-electron chi connectivity index (χ2n) is 3.53. The highest BCUT2D eigenvalue weighted by Gasteiger charge is 2.06. The fourth-order valence-corrected chi connectivity index (χ4v) is 3.27. The second kappa shape index (κ2) is 4.00. The lowest BCUT2D eigenvalue weighted by molar-refractivity contribution is 1.33. The van der Waals surface area contributed by atoms with Gasteiger partial charge in [-0.3, -0.25) is 4.98 Å². The number of hydrogen-bond acceptors (Lipinski definition) is 2. The molecule has 3 rings (SSSR count). The molecule has 16 heavy (non-hydrogen) atoms. The Balaban J connectivity index is 2.26. The predicted molar refractivity (Wildman–Crippen MR) is 72.8 cm³/mol. The van der Waals surface area contributed by atoms with Crippen molar-refractivity contribution in [1.82, 2.24) is 4.98 Å². The molecular weight excluding hydrogens is 282 g/mol. The van der Waals surface area contributed by atoms with Gasteiger partial charge in [-0.05, 0) is 23.6 Å². The minimum atomic E-state index is 1.12. The van der Waals surface area contributed by atoms with Crippen molar-refractivity contribution in [2.24, 2.45) is 0 Å². The standard InChI is InChI=1S/C13H8BrNS/c14-10-3-4-11-12(8-16-13(11)6-10)9-2-1-5-15-7-9/h1-8H. The number of hydrogen-bond donors (Lipinski definition) is 0. The summed E-state index contributed by atoms with van der Waals surface area (Å²) < 4.78 is 2.42. The number of halogens is 1. The molecule has 1 aromatic carbocycles. The quantitative estimate of drug-likeness (QED) is 0.631. The van der Waals surface area contributed by atoms with Crippen LogP contribution in [0.1, 0.15) is 0 Å². The molecule has 0 unspecified atom stereocenters. The molecular formula is C13H8BrNS. The van der Waals surface area contributed by atoms with Crippen LogP contribution < -0.4 is 0 Å². The zero-order valence-electron chi connectivity index (χ0n) is 8.35. The summed E-state index contributed by atoms with van der Waals surface area (Å²) in [5.74, 6) is 0. The summed E-state index contributed by atoms with van der Waals surface area (Å²) in [5.41, 5.74) is 2.44. The van der Waals surface area contributed by atoms with Gasteiger partial charge in [0.1, 0.15) is 0 Å². The van der Waals surface area contributed by atoms with Gasteiger partial charge in [0, 0.05) is 38.1 Å². The highest BCUT2D eigenvalue weighted by Crippen LogP contribution is 2.34. The summed E-state index contributed by atoms with van der Waals surface area (Å²) in [6.45, 7) is 0. The van der Waals surface area contributed by atoms with Crippen molar-refractivity contribution in [2.45, 2.75) is 0 Å². The van der Waals surface area contributed by atoms with Crippen molar-refractivity contribution in [2.75, 3.05) is 0 Å². The number of fused-ring (bicyclic) bond motifs is 1. The first-order valence-corrected chi connectivity index (χ1v) is 6.59. The maximum atomic E-state index is 4.16. The van der Waals surface area contributed by atoms with Gasteiger partial charge in [0.15, 0.2) is 0 Å². The number of nitrogens with zero attached hydrogens (tertiary/aromatic N) is 1. The summed E-state index contributed by atoms with van der Waals surface area (Å²) in [6, 6.07) is 10.4. The molecule has 2 aromatic heterocycles. The van der Waals surface area contributed by atoms with E-state index in [-0.39, 0.29) is 0 Å². The largest absolute Gasteiger partial charge is 0.264 e. The smallest absolute Gasteiger partial charge is 0.0360 e. The number of aromatic nitrogens is 1. The van der Waals surface area contributed by atoms with Crippen molar-refractivity contribution in [3.63, 3.8) is 0 Å². The van der Waals surface area contributed by atoms with Crippen molar-refractivity contribution in [3.8, 4) is 11.1 Å². The van der Waals surface area contributed by atoms with Gasteiger partial charge in [-0.25, -0.2) is 0 Å². The van der Waals surface area contributed by atoms with E-state index in [0.29, 0.717) is 0 Å². The Bertz CT molecular complexity index is 631. The Labute approximate surface area is 106 Å². The second-order valence-corrected chi connectivity index (χ2v) is 5.36. The van der Waals surface area contributed by atoms with Gasteiger partial charge < -0.3 is 0 Å². The molecule has 0 fully saturated rings. The van der Waals surface area contributed by atoms with Crippen LogP contribution in [0.3, 0.4) is 0 Å². The van der Waals surface area contributed by atoms with E-state index in [4.69, 9.17) is 0 Å². The van der Waals surface area contributed by atoms with Crippen LogP contribution in [0.4, 0.5) is 0 Å². The molecule has 0 amide bonds. The summed E-state index contributed by atoms with van der Waals surface area (Å²) in [7, 11) is 0. The topological polar surface area (TPSA) is 12.9 Å². The van der Waals surface area contributed by atoms with Gasteiger partial charge in [0.25, 0.3) is 0 Å². The summed E-state index contributed by atoms with van der Waals surface area (Å²) >= 11 is 5.26. The zero-order chi connectivity index (χ0) is 11.0. The third-order valence-corrected chi connectivity index (χ3v) is 3.95. The predicted octanol–water partition coefficient (Wildman–Crippen LogP) is 4.73. The first-order valence-electron chi connectivity index (χ1n) is 4.92. The van der Waals surface area contributed by atoms with E-state index in [1.807, 2.05) is 12.3 Å². The fraction of sp³-hybridized carbons (Fsp3) is 0. The lowest BCUT2D eigenvalue weighted by Gasteiger charge is -1.98. The molecule has 0 atom stereocenters. The normalized spacial score (nSPS) is 10.8. The van der Waals surface area contributed by atoms with Crippen molar-refractivity contribution >= 4 is 37.4 Å². The molecule has 0 saturated heterocycles. The third kappa shape index (κ3) is 1.66. The molecule has 3 heteroatoms. The fourth-order valence-electron chi connectivity index (χ4n) is 1.75. The van der Waals surface area contributed by atoms with E-state index < -0.39 is 0 Å².